The van der Waals surface area contributed by atoms with Crippen LogP contribution >= 0.6 is 11.6 Å². The fourth-order valence-corrected chi connectivity index (χ4v) is 0.885. The lowest BCUT2D eigenvalue weighted by Crippen LogP contribution is -1.81. The Morgan fingerprint density at radius 3 is 3.00 bits per heavy atom. The summed E-state index contributed by atoms with van der Waals surface area (Å²) in [7, 11) is 0. The van der Waals surface area contributed by atoms with Crippen LogP contribution in [0.5, 0.6) is 0 Å². The van der Waals surface area contributed by atoms with Crippen LogP contribution in [0.15, 0.2) is 12.3 Å². The summed E-state index contributed by atoms with van der Waals surface area (Å²) >= 11 is 5.71. The summed E-state index contributed by atoms with van der Waals surface area (Å²) in [4.78, 5) is 3.74. The Kier molecular flexibility index (Phi) is 2.06. The summed E-state index contributed by atoms with van der Waals surface area (Å²) in [5, 5.41) is 0.639. The van der Waals surface area contributed by atoms with Crippen LogP contribution in [0.3, 0.4) is 0 Å². The summed E-state index contributed by atoms with van der Waals surface area (Å²) in [6, 6.07) is 1.90. The first-order valence-corrected chi connectivity index (χ1v) is 3.23. The Labute approximate surface area is 59.7 Å². The molecule has 1 heterocycles. The van der Waals surface area contributed by atoms with E-state index < -0.39 is 0 Å². The Morgan fingerprint density at radius 2 is 2.56 bits per heavy atom. The molecule has 1 aromatic rings. The summed E-state index contributed by atoms with van der Waals surface area (Å²) in [5.74, 6) is 0. The maximum atomic E-state index is 5.71. The number of hydrogen-bond donors (Lipinski definition) is 0. The lowest BCUT2D eigenvalue weighted by Gasteiger charge is -1.94. The van der Waals surface area contributed by atoms with Gasteiger partial charge < -0.3 is 0 Å². The number of halogens is 1. The molecule has 0 bridgehead atoms. The quantitative estimate of drug-likeness (QED) is 0.582. The summed E-state index contributed by atoms with van der Waals surface area (Å²) in [6.45, 7) is 2.05. The number of rotatable bonds is 1. The van der Waals surface area contributed by atoms with Crippen LogP contribution < -0.4 is 0 Å². The highest BCUT2D eigenvalue weighted by atomic mass is 35.5. The average Bonchev–Trinajstić information content (AvgIpc) is 1.89. The number of aryl methyl sites for hydroxylation is 1. The fourth-order valence-electron chi connectivity index (χ4n) is 0.639. The van der Waals surface area contributed by atoms with Gasteiger partial charge in [0.15, 0.2) is 0 Å². The molecule has 0 N–H and O–H groups in total. The monoisotopic (exact) mass is 140 g/mol. The van der Waals surface area contributed by atoms with Gasteiger partial charge in [-0.05, 0) is 18.1 Å². The zero-order chi connectivity index (χ0) is 6.69. The number of nitrogens with zero attached hydrogens (tertiary/aromatic N) is 1. The summed E-state index contributed by atoms with van der Waals surface area (Å²) < 4.78 is 0. The molecule has 1 aromatic heterocycles. The highest BCUT2D eigenvalue weighted by molar-refractivity contribution is 6.31. The van der Waals surface area contributed by atoms with Gasteiger partial charge in [-0.3, -0.25) is 4.98 Å². The highest BCUT2D eigenvalue weighted by Crippen LogP contribution is 2.12. The minimum Gasteiger partial charge on any atom is -0.253 e. The van der Waals surface area contributed by atoms with Gasteiger partial charge in [0.05, 0.1) is 5.02 Å². The van der Waals surface area contributed by atoms with Gasteiger partial charge in [0.1, 0.15) is 6.20 Å². The molecule has 0 spiro atoms. The zero-order valence-corrected chi connectivity index (χ0v) is 5.94. The van der Waals surface area contributed by atoms with E-state index in [9.17, 15) is 0 Å². The van der Waals surface area contributed by atoms with E-state index in [1.165, 1.54) is 0 Å². The second kappa shape index (κ2) is 2.83. The minimum atomic E-state index is 0.639. The van der Waals surface area contributed by atoms with Crippen molar-refractivity contribution in [1.82, 2.24) is 4.98 Å². The van der Waals surface area contributed by atoms with Gasteiger partial charge in [-0.15, -0.1) is 0 Å². The van der Waals surface area contributed by atoms with Gasteiger partial charge in [0.25, 0.3) is 0 Å². The zero-order valence-electron chi connectivity index (χ0n) is 5.19. The lowest BCUT2D eigenvalue weighted by atomic mass is 10.2. The van der Waals surface area contributed by atoms with E-state index in [2.05, 4.69) is 18.1 Å². The maximum Gasteiger partial charge on any atom is 0.109 e. The molecule has 0 aromatic carbocycles. The van der Waals surface area contributed by atoms with Crippen LogP contribution in [0.2, 0.25) is 5.02 Å². The van der Waals surface area contributed by atoms with Crippen LogP contribution in [-0.4, -0.2) is 4.98 Å². The largest absolute Gasteiger partial charge is 0.253 e. The van der Waals surface area contributed by atoms with Crippen molar-refractivity contribution in [1.29, 1.82) is 0 Å². The Balaban J connectivity index is 3.01. The molecule has 2 heteroatoms. The van der Waals surface area contributed by atoms with Crippen LogP contribution in [0.1, 0.15) is 12.5 Å². The Hall–Kier alpha value is -0.560. The molecule has 0 saturated carbocycles. The Morgan fingerprint density at radius 1 is 1.78 bits per heavy atom. The smallest absolute Gasteiger partial charge is 0.109 e. The van der Waals surface area contributed by atoms with Gasteiger partial charge >= 0.3 is 0 Å². The molecule has 1 nitrogen and oxygen atoms in total. The topological polar surface area (TPSA) is 12.9 Å². The average molecular weight is 141 g/mol. The molecule has 1 rings (SSSR count). The van der Waals surface area contributed by atoms with E-state index in [-0.39, 0.29) is 0 Å². The lowest BCUT2D eigenvalue weighted by molar-refractivity contribution is 1.11. The Bertz CT molecular complexity index is 198. The van der Waals surface area contributed by atoms with Crippen LogP contribution in [-0.2, 0) is 6.42 Å². The molecule has 0 amide bonds. The SMILES string of the molecule is CCc1ccn[c]c1Cl. The van der Waals surface area contributed by atoms with E-state index >= 15 is 0 Å². The van der Waals surface area contributed by atoms with Crippen molar-refractivity contribution in [2.24, 2.45) is 0 Å². The van der Waals surface area contributed by atoms with Crippen LogP contribution in [0.4, 0.5) is 0 Å². The molecular weight excluding hydrogens is 134 g/mol. The predicted octanol–water partition coefficient (Wildman–Crippen LogP) is 2.10. The molecule has 9 heavy (non-hydrogen) atoms. The molecule has 0 aliphatic carbocycles. The van der Waals surface area contributed by atoms with Crippen molar-refractivity contribution in [3.05, 3.63) is 29.0 Å². The van der Waals surface area contributed by atoms with Gasteiger partial charge in [-0.25, -0.2) is 0 Å². The number of aromatic nitrogens is 1. The van der Waals surface area contributed by atoms with Crippen molar-refractivity contribution in [2.75, 3.05) is 0 Å². The molecule has 0 aliphatic rings. The van der Waals surface area contributed by atoms with E-state index in [0.29, 0.717) is 5.02 Å². The summed E-state index contributed by atoms with van der Waals surface area (Å²) in [5.41, 5.74) is 1.10. The first kappa shape index (κ1) is 6.56. The third kappa shape index (κ3) is 1.42. The van der Waals surface area contributed by atoms with E-state index in [4.69, 9.17) is 11.6 Å². The van der Waals surface area contributed by atoms with Crippen LogP contribution in [0.25, 0.3) is 0 Å². The van der Waals surface area contributed by atoms with Gasteiger partial charge in [-0.2, -0.15) is 0 Å². The van der Waals surface area contributed by atoms with Crippen molar-refractivity contribution in [3.63, 3.8) is 0 Å². The van der Waals surface area contributed by atoms with E-state index in [1.54, 1.807) is 6.20 Å². The van der Waals surface area contributed by atoms with Crippen molar-refractivity contribution >= 4 is 11.6 Å². The number of hydrogen-bond acceptors (Lipinski definition) is 1. The van der Waals surface area contributed by atoms with Crippen molar-refractivity contribution in [2.45, 2.75) is 13.3 Å². The normalized spacial score (nSPS) is 9.56. The molecule has 1 radical (unpaired) electrons. The van der Waals surface area contributed by atoms with Crippen LogP contribution in [0, 0.1) is 6.20 Å². The van der Waals surface area contributed by atoms with Crippen molar-refractivity contribution in [3.8, 4) is 0 Å². The molecule has 0 aliphatic heterocycles. The first-order valence-electron chi connectivity index (χ1n) is 2.85. The van der Waals surface area contributed by atoms with E-state index in [0.717, 1.165) is 12.0 Å². The molecule has 0 saturated heterocycles. The first-order chi connectivity index (χ1) is 4.34. The van der Waals surface area contributed by atoms with Gasteiger partial charge in [-0.1, -0.05) is 18.5 Å². The molecule has 0 unspecified atom stereocenters. The number of pyridine rings is 1. The minimum absolute atomic E-state index is 0.639. The standard InChI is InChI=1S/C7H7ClN/c1-2-6-3-4-9-5-7(6)8/h3-4H,2H2,1H3. The molecule has 0 fully saturated rings. The third-order valence-corrected chi connectivity index (χ3v) is 1.50. The molecule has 47 valence electrons. The second-order valence-electron chi connectivity index (χ2n) is 1.75. The second-order valence-corrected chi connectivity index (χ2v) is 2.13. The highest BCUT2D eigenvalue weighted by Gasteiger charge is 1.93. The maximum absolute atomic E-state index is 5.71. The predicted molar refractivity (Wildman–Crippen MR) is 37.5 cm³/mol. The third-order valence-electron chi connectivity index (χ3n) is 1.18. The summed E-state index contributed by atoms with van der Waals surface area (Å²) in [6.07, 6.45) is 5.31. The van der Waals surface area contributed by atoms with Gasteiger partial charge in [0, 0.05) is 6.20 Å². The fraction of sp³-hybridized carbons (Fsp3) is 0.286. The molecule has 0 atom stereocenters. The van der Waals surface area contributed by atoms with E-state index in [1.807, 2.05) is 6.07 Å². The molecular formula is C7H7ClN. The van der Waals surface area contributed by atoms with Gasteiger partial charge in [0.2, 0.25) is 0 Å². The van der Waals surface area contributed by atoms with Crippen molar-refractivity contribution < 1.29 is 0 Å².